The quantitative estimate of drug-likeness (QED) is 0.711. The lowest BCUT2D eigenvalue weighted by Crippen LogP contribution is -2.44. The Kier molecular flexibility index (Phi) is 3.74. The van der Waals surface area contributed by atoms with Gasteiger partial charge in [-0.2, -0.15) is 24.9 Å². The van der Waals surface area contributed by atoms with E-state index in [-0.39, 0.29) is 5.25 Å². The molecule has 1 aliphatic heterocycles. The molecule has 2 rings (SSSR count). The Morgan fingerprint density at radius 3 is 2.62 bits per heavy atom. The molecule has 4 unspecified atom stereocenters. The van der Waals surface area contributed by atoms with Gasteiger partial charge in [0.05, 0.1) is 5.92 Å². The number of halogens is 3. The second kappa shape index (κ2) is 4.77. The van der Waals surface area contributed by atoms with Gasteiger partial charge in [-0.1, -0.05) is 6.92 Å². The maximum absolute atomic E-state index is 12.7. The zero-order valence-electron chi connectivity index (χ0n) is 9.39. The van der Waals surface area contributed by atoms with Gasteiger partial charge in [-0.25, -0.2) is 0 Å². The summed E-state index contributed by atoms with van der Waals surface area (Å²) in [6.45, 7) is 3.07. The molecule has 0 amide bonds. The van der Waals surface area contributed by atoms with Crippen molar-refractivity contribution < 1.29 is 13.2 Å². The van der Waals surface area contributed by atoms with E-state index in [0.717, 1.165) is 13.0 Å². The van der Waals surface area contributed by atoms with Crippen LogP contribution in [0.1, 0.15) is 32.6 Å². The second-order valence-electron chi connectivity index (χ2n) is 4.89. The van der Waals surface area contributed by atoms with Gasteiger partial charge in [-0.15, -0.1) is 0 Å². The van der Waals surface area contributed by atoms with Crippen molar-refractivity contribution in [1.82, 2.24) is 5.32 Å². The molecule has 1 aliphatic carbocycles. The molecule has 5 heteroatoms. The Bertz CT molecular complexity index is 244. The van der Waals surface area contributed by atoms with Crippen LogP contribution in [0.2, 0.25) is 0 Å². The predicted octanol–water partition coefficient (Wildman–Crippen LogP) is 3.20. The summed E-state index contributed by atoms with van der Waals surface area (Å²) in [5.74, 6) is -1.08. The molecule has 1 saturated carbocycles. The summed E-state index contributed by atoms with van der Waals surface area (Å²) in [6, 6.07) is 0.300. The molecule has 16 heavy (non-hydrogen) atoms. The van der Waals surface area contributed by atoms with E-state index in [9.17, 15) is 13.2 Å². The number of fused-ring (bicyclic) bond motifs is 1. The van der Waals surface area contributed by atoms with Crippen molar-refractivity contribution >= 4 is 11.8 Å². The van der Waals surface area contributed by atoms with Gasteiger partial charge in [0, 0.05) is 16.5 Å². The monoisotopic (exact) mass is 253 g/mol. The summed E-state index contributed by atoms with van der Waals surface area (Å²) in [7, 11) is 0. The fourth-order valence-corrected chi connectivity index (χ4v) is 4.26. The summed E-state index contributed by atoms with van der Waals surface area (Å²) >= 11 is 1.75. The minimum absolute atomic E-state index is 0.151. The maximum atomic E-state index is 12.7. The van der Waals surface area contributed by atoms with E-state index < -0.39 is 12.1 Å². The predicted molar refractivity (Wildman–Crippen MR) is 60.6 cm³/mol. The molecular formula is C11H18F3NS. The van der Waals surface area contributed by atoms with E-state index in [1.165, 1.54) is 0 Å². The summed E-state index contributed by atoms with van der Waals surface area (Å²) < 4.78 is 38.0. The third-order valence-corrected chi connectivity index (χ3v) is 5.19. The van der Waals surface area contributed by atoms with Gasteiger partial charge in [-0.3, -0.25) is 0 Å². The summed E-state index contributed by atoms with van der Waals surface area (Å²) in [4.78, 5) is 0. The van der Waals surface area contributed by atoms with E-state index in [0.29, 0.717) is 30.6 Å². The fourth-order valence-electron chi connectivity index (χ4n) is 2.65. The number of alkyl halides is 3. The normalized spacial score (nSPS) is 41.2. The summed E-state index contributed by atoms with van der Waals surface area (Å²) in [5, 5.41) is 4.03. The molecule has 0 aromatic rings. The van der Waals surface area contributed by atoms with Crippen LogP contribution in [-0.4, -0.2) is 29.3 Å². The number of hydrogen-bond donors (Lipinski definition) is 1. The molecule has 0 aromatic heterocycles. The zero-order valence-corrected chi connectivity index (χ0v) is 10.2. The van der Waals surface area contributed by atoms with Gasteiger partial charge in [0.1, 0.15) is 0 Å². The lowest BCUT2D eigenvalue weighted by atomic mass is 9.85. The average Bonchev–Trinajstić information content (AvgIpc) is 2.35. The molecule has 1 saturated heterocycles. The van der Waals surface area contributed by atoms with Crippen LogP contribution in [0.5, 0.6) is 0 Å². The van der Waals surface area contributed by atoms with Gasteiger partial charge < -0.3 is 5.32 Å². The standard InChI is InChI=1S/C11H18F3NS/c1-7-4-5-15-9-3-2-8(11(12,13)14)6-10(9)16-7/h7-10,15H,2-6H2,1H3. The van der Waals surface area contributed by atoms with Crippen molar-refractivity contribution in [3.8, 4) is 0 Å². The smallest absolute Gasteiger partial charge is 0.313 e. The number of hydrogen-bond acceptors (Lipinski definition) is 2. The van der Waals surface area contributed by atoms with Crippen molar-refractivity contribution in [2.75, 3.05) is 6.54 Å². The Labute approximate surface area is 98.5 Å². The van der Waals surface area contributed by atoms with E-state index in [4.69, 9.17) is 0 Å². The van der Waals surface area contributed by atoms with E-state index in [2.05, 4.69) is 12.2 Å². The molecule has 1 heterocycles. The third-order valence-electron chi connectivity index (χ3n) is 3.62. The van der Waals surface area contributed by atoms with Gasteiger partial charge in [0.15, 0.2) is 0 Å². The molecule has 1 nitrogen and oxygen atoms in total. The highest BCUT2D eigenvalue weighted by Crippen LogP contribution is 2.43. The Hall–Kier alpha value is 0.100. The van der Waals surface area contributed by atoms with Crippen LogP contribution < -0.4 is 5.32 Å². The summed E-state index contributed by atoms with van der Waals surface area (Å²) in [6.07, 6.45) is -1.66. The average molecular weight is 253 g/mol. The van der Waals surface area contributed by atoms with Crippen LogP contribution in [0.25, 0.3) is 0 Å². The zero-order chi connectivity index (χ0) is 11.8. The molecule has 0 radical (unpaired) electrons. The van der Waals surface area contributed by atoms with Gasteiger partial charge in [0.25, 0.3) is 0 Å². The SMILES string of the molecule is CC1CCNC2CCC(C(F)(F)F)CC2S1. The minimum atomic E-state index is -4.00. The Morgan fingerprint density at radius 1 is 1.19 bits per heavy atom. The molecule has 2 aliphatic rings. The third kappa shape index (κ3) is 2.86. The van der Waals surface area contributed by atoms with Crippen LogP contribution in [0.15, 0.2) is 0 Å². The van der Waals surface area contributed by atoms with Crippen LogP contribution in [-0.2, 0) is 0 Å². The van der Waals surface area contributed by atoms with Crippen molar-refractivity contribution in [3.05, 3.63) is 0 Å². The lowest BCUT2D eigenvalue weighted by Gasteiger charge is -2.36. The maximum Gasteiger partial charge on any atom is 0.391 e. The largest absolute Gasteiger partial charge is 0.391 e. The van der Waals surface area contributed by atoms with Crippen LogP contribution in [0.4, 0.5) is 13.2 Å². The fraction of sp³-hybridized carbons (Fsp3) is 1.00. The highest BCUT2D eigenvalue weighted by atomic mass is 32.2. The summed E-state index contributed by atoms with van der Waals surface area (Å²) in [5.41, 5.74) is 0. The first kappa shape index (κ1) is 12.6. The molecular weight excluding hydrogens is 235 g/mol. The Morgan fingerprint density at radius 2 is 1.94 bits per heavy atom. The number of thioether (sulfide) groups is 1. The van der Waals surface area contributed by atoms with Crippen LogP contribution in [0.3, 0.4) is 0 Å². The van der Waals surface area contributed by atoms with E-state index in [1.807, 2.05) is 0 Å². The number of nitrogens with one attached hydrogen (secondary N) is 1. The molecule has 4 atom stereocenters. The van der Waals surface area contributed by atoms with Crippen molar-refractivity contribution in [3.63, 3.8) is 0 Å². The van der Waals surface area contributed by atoms with Crippen LogP contribution >= 0.6 is 11.8 Å². The molecule has 94 valence electrons. The Balaban J connectivity index is 2.00. The lowest BCUT2D eigenvalue weighted by molar-refractivity contribution is -0.182. The van der Waals surface area contributed by atoms with E-state index >= 15 is 0 Å². The van der Waals surface area contributed by atoms with Gasteiger partial charge >= 0.3 is 6.18 Å². The second-order valence-corrected chi connectivity index (χ2v) is 6.57. The van der Waals surface area contributed by atoms with Crippen molar-refractivity contribution in [2.45, 2.75) is 55.3 Å². The highest BCUT2D eigenvalue weighted by Gasteiger charge is 2.45. The van der Waals surface area contributed by atoms with Gasteiger partial charge in [0.2, 0.25) is 0 Å². The van der Waals surface area contributed by atoms with Crippen molar-refractivity contribution in [1.29, 1.82) is 0 Å². The van der Waals surface area contributed by atoms with Gasteiger partial charge in [-0.05, 0) is 32.2 Å². The van der Waals surface area contributed by atoms with Crippen molar-refractivity contribution in [2.24, 2.45) is 5.92 Å². The first-order chi connectivity index (χ1) is 7.47. The molecule has 1 N–H and O–H groups in total. The molecule has 0 bridgehead atoms. The molecule has 0 aromatic carbocycles. The topological polar surface area (TPSA) is 12.0 Å². The first-order valence-electron chi connectivity index (χ1n) is 5.92. The van der Waals surface area contributed by atoms with Crippen LogP contribution in [0, 0.1) is 5.92 Å². The molecule has 0 spiro atoms. The number of rotatable bonds is 0. The highest BCUT2D eigenvalue weighted by molar-refractivity contribution is 8.00. The molecule has 2 fully saturated rings. The minimum Gasteiger partial charge on any atom is -0.313 e. The first-order valence-corrected chi connectivity index (χ1v) is 6.86. The van der Waals surface area contributed by atoms with E-state index in [1.54, 1.807) is 11.8 Å².